The van der Waals surface area contributed by atoms with E-state index in [9.17, 15) is 9.59 Å². The number of amides is 2. The fraction of sp³-hybridized carbons (Fsp3) is 0.318. The lowest BCUT2D eigenvalue weighted by atomic mass is 10.0. The van der Waals surface area contributed by atoms with Crippen LogP contribution in [-0.2, 0) is 9.59 Å². The summed E-state index contributed by atoms with van der Waals surface area (Å²) in [7, 11) is 0. The van der Waals surface area contributed by atoms with Crippen molar-refractivity contribution < 1.29 is 9.59 Å². The fourth-order valence-corrected chi connectivity index (χ4v) is 3.68. The average molecular weight is 376 g/mol. The molecule has 1 aliphatic heterocycles. The van der Waals surface area contributed by atoms with Crippen LogP contribution in [0.2, 0.25) is 0 Å². The molecule has 2 heterocycles. The molecular weight excluding hydrogens is 352 g/mol. The Balaban J connectivity index is 1.50. The Morgan fingerprint density at radius 1 is 1.14 bits per heavy atom. The Morgan fingerprint density at radius 2 is 1.86 bits per heavy atom. The number of para-hydroxylation sites is 3. The van der Waals surface area contributed by atoms with Gasteiger partial charge in [0.2, 0.25) is 11.8 Å². The summed E-state index contributed by atoms with van der Waals surface area (Å²) in [6.45, 7) is 4.50. The van der Waals surface area contributed by atoms with Crippen LogP contribution in [0.3, 0.4) is 0 Å². The van der Waals surface area contributed by atoms with E-state index in [2.05, 4.69) is 15.3 Å². The van der Waals surface area contributed by atoms with Gasteiger partial charge in [-0.1, -0.05) is 44.2 Å². The van der Waals surface area contributed by atoms with Gasteiger partial charge in [0.1, 0.15) is 5.82 Å². The third kappa shape index (κ3) is 3.50. The highest BCUT2D eigenvalue weighted by atomic mass is 16.2. The van der Waals surface area contributed by atoms with Crippen LogP contribution in [0.4, 0.5) is 5.69 Å². The summed E-state index contributed by atoms with van der Waals surface area (Å²) >= 11 is 0. The molecule has 2 atom stereocenters. The Labute approximate surface area is 164 Å². The third-order valence-electron chi connectivity index (χ3n) is 5.23. The minimum Gasteiger partial charge on any atom is -0.346 e. The number of nitrogens with one attached hydrogen (secondary N) is 2. The summed E-state index contributed by atoms with van der Waals surface area (Å²) in [6, 6.07) is 17.1. The second-order valence-electron chi connectivity index (χ2n) is 7.61. The van der Waals surface area contributed by atoms with E-state index in [1.165, 1.54) is 0 Å². The average Bonchev–Trinajstić information content (AvgIpc) is 3.29. The van der Waals surface area contributed by atoms with Crippen molar-refractivity contribution in [3.63, 3.8) is 0 Å². The van der Waals surface area contributed by atoms with E-state index in [-0.39, 0.29) is 36.1 Å². The van der Waals surface area contributed by atoms with Gasteiger partial charge in [0.25, 0.3) is 0 Å². The van der Waals surface area contributed by atoms with Gasteiger partial charge in [-0.2, -0.15) is 0 Å². The minimum absolute atomic E-state index is 0.0174. The number of imidazole rings is 1. The van der Waals surface area contributed by atoms with Crippen molar-refractivity contribution >= 4 is 28.5 Å². The van der Waals surface area contributed by atoms with Crippen LogP contribution in [0.25, 0.3) is 11.0 Å². The SMILES string of the molecule is CC(C)[C@@H](NC(=O)[C@@H]1CC(=O)N(c2ccccc2)C1)c1nc2ccccc2[nH]1. The number of fused-ring (bicyclic) bond motifs is 1. The lowest BCUT2D eigenvalue weighted by Gasteiger charge is -2.22. The molecule has 2 N–H and O–H groups in total. The molecule has 0 bridgehead atoms. The van der Waals surface area contributed by atoms with Gasteiger partial charge in [-0.25, -0.2) is 4.98 Å². The number of hydrogen-bond acceptors (Lipinski definition) is 3. The highest BCUT2D eigenvalue weighted by Crippen LogP contribution is 2.27. The van der Waals surface area contributed by atoms with Gasteiger partial charge in [-0.3, -0.25) is 9.59 Å². The van der Waals surface area contributed by atoms with E-state index in [1.807, 2.05) is 68.4 Å². The summed E-state index contributed by atoms with van der Waals surface area (Å²) in [4.78, 5) is 35.0. The second kappa shape index (κ2) is 7.46. The molecule has 2 aromatic carbocycles. The maximum absolute atomic E-state index is 12.9. The Hall–Kier alpha value is -3.15. The first-order chi connectivity index (χ1) is 13.5. The quantitative estimate of drug-likeness (QED) is 0.716. The minimum atomic E-state index is -0.363. The molecule has 0 radical (unpaired) electrons. The third-order valence-corrected chi connectivity index (χ3v) is 5.23. The van der Waals surface area contributed by atoms with Crippen molar-refractivity contribution in [2.45, 2.75) is 26.3 Å². The van der Waals surface area contributed by atoms with Gasteiger partial charge in [-0.15, -0.1) is 0 Å². The highest BCUT2D eigenvalue weighted by Gasteiger charge is 2.36. The van der Waals surface area contributed by atoms with Crippen molar-refractivity contribution in [2.24, 2.45) is 11.8 Å². The number of nitrogens with zero attached hydrogens (tertiary/aromatic N) is 2. The number of rotatable bonds is 5. The molecule has 0 aliphatic carbocycles. The Kier molecular flexibility index (Phi) is 4.86. The lowest BCUT2D eigenvalue weighted by Crippen LogP contribution is -2.38. The van der Waals surface area contributed by atoms with Gasteiger partial charge >= 0.3 is 0 Å². The van der Waals surface area contributed by atoms with Gasteiger partial charge in [0.15, 0.2) is 0 Å². The van der Waals surface area contributed by atoms with E-state index in [4.69, 9.17) is 0 Å². The molecule has 144 valence electrons. The Bertz CT molecular complexity index is 963. The molecule has 0 unspecified atom stereocenters. The van der Waals surface area contributed by atoms with E-state index in [0.717, 1.165) is 22.5 Å². The molecular formula is C22H24N4O2. The fourth-order valence-electron chi connectivity index (χ4n) is 3.68. The first-order valence-electron chi connectivity index (χ1n) is 9.63. The van der Waals surface area contributed by atoms with E-state index in [1.54, 1.807) is 4.90 Å². The van der Waals surface area contributed by atoms with Crippen LogP contribution in [0.1, 0.15) is 32.1 Å². The predicted octanol–water partition coefficient (Wildman–Crippen LogP) is 3.43. The Morgan fingerprint density at radius 3 is 2.57 bits per heavy atom. The van der Waals surface area contributed by atoms with Crippen molar-refractivity contribution in [2.75, 3.05) is 11.4 Å². The molecule has 1 saturated heterocycles. The van der Waals surface area contributed by atoms with Crippen molar-refractivity contribution in [3.05, 3.63) is 60.4 Å². The number of anilines is 1. The number of aromatic amines is 1. The number of carbonyl (C=O) groups excluding carboxylic acids is 2. The molecule has 4 rings (SSSR count). The number of H-pyrrole nitrogens is 1. The first kappa shape index (κ1) is 18.2. The van der Waals surface area contributed by atoms with Crippen LogP contribution in [-0.4, -0.2) is 28.3 Å². The highest BCUT2D eigenvalue weighted by molar-refractivity contribution is 6.00. The maximum atomic E-state index is 12.9. The molecule has 0 saturated carbocycles. The molecule has 6 nitrogen and oxygen atoms in total. The van der Waals surface area contributed by atoms with E-state index in [0.29, 0.717) is 6.54 Å². The summed E-state index contributed by atoms with van der Waals surface area (Å²) in [6.07, 6.45) is 0.228. The topological polar surface area (TPSA) is 78.1 Å². The van der Waals surface area contributed by atoms with Gasteiger partial charge in [0.05, 0.1) is 23.0 Å². The van der Waals surface area contributed by atoms with Gasteiger partial charge < -0.3 is 15.2 Å². The molecule has 1 aliphatic rings. The standard InChI is InChI=1S/C22H24N4O2/c1-14(2)20(21-23-17-10-6-7-11-18(17)24-21)25-22(28)15-12-19(27)26(13-15)16-8-4-3-5-9-16/h3-11,14-15,20H,12-13H2,1-2H3,(H,23,24)(H,25,28)/t15-,20-/m1/s1. The van der Waals surface area contributed by atoms with Crippen LogP contribution in [0, 0.1) is 11.8 Å². The van der Waals surface area contributed by atoms with E-state index >= 15 is 0 Å². The van der Waals surface area contributed by atoms with Crippen LogP contribution in [0.15, 0.2) is 54.6 Å². The normalized spacial score (nSPS) is 18.0. The molecule has 28 heavy (non-hydrogen) atoms. The van der Waals surface area contributed by atoms with Crippen LogP contribution in [0.5, 0.6) is 0 Å². The summed E-state index contributed by atoms with van der Waals surface area (Å²) in [5, 5.41) is 3.12. The van der Waals surface area contributed by atoms with Crippen molar-refractivity contribution in [3.8, 4) is 0 Å². The summed E-state index contributed by atoms with van der Waals surface area (Å²) < 4.78 is 0. The lowest BCUT2D eigenvalue weighted by molar-refractivity contribution is -0.127. The molecule has 2 amide bonds. The van der Waals surface area contributed by atoms with Crippen LogP contribution >= 0.6 is 0 Å². The molecule has 1 aromatic heterocycles. The van der Waals surface area contributed by atoms with E-state index < -0.39 is 0 Å². The molecule has 3 aromatic rings. The number of benzene rings is 2. The zero-order valence-corrected chi connectivity index (χ0v) is 16.1. The smallest absolute Gasteiger partial charge is 0.227 e. The van der Waals surface area contributed by atoms with Crippen LogP contribution < -0.4 is 10.2 Å². The zero-order chi connectivity index (χ0) is 19.7. The van der Waals surface area contributed by atoms with Gasteiger partial charge in [-0.05, 0) is 30.2 Å². The largest absolute Gasteiger partial charge is 0.346 e. The molecule has 1 fully saturated rings. The maximum Gasteiger partial charge on any atom is 0.227 e. The predicted molar refractivity (Wildman–Crippen MR) is 109 cm³/mol. The number of carbonyl (C=O) groups is 2. The molecule has 0 spiro atoms. The van der Waals surface area contributed by atoms with Crippen molar-refractivity contribution in [1.29, 1.82) is 0 Å². The number of hydrogen-bond donors (Lipinski definition) is 2. The summed E-state index contributed by atoms with van der Waals surface area (Å²) in [5.74, 6) is 0.418. The molecule has 6 heteroatoms. The van der Waals surface area contributed by atoms with Crippen molar-refractivity contribution in [1.82, 2.24) is 15.3 Å². The first-order valence-corrected chi connectivity index (χ1v) is 9.63. The second-order valence-corrected chi connectivity index (χ2v) is 7.61. The zero-order valence-electron chi connectivity index (χ0n) is 16.1. The van der Waals surface area contributed by atoms with Gasteiger partial charge in [0, 0.05) is 18.7 Å². The monoisotopic (exact) mass is 376 g/mol. The number of aromatic nitrogens is 2. The summed E-state index contributed by atoms with van der Waals surface area (Å²) in [5.41, 5.74) is 2.66.